The second-order valence-electron chi connectivity index (χ2n) is 8.54. The molecule has 0 aliphatic carbocycles. The molecule has 0 spiro atoms. The third-order valence-corrected chi connectivity index (χ3v) is 5.61. The van der Waals surface area contributed by atoms with E-state index in [0.717, 1.165) is 35.8 Å². The van der Waals surface area contributed by atoms with E-state index in [9.17, 15) is 9.59 Å². The first-order valence-corrected chi connectivity index (χ1v) is 10.7. The van der Waals surface area contributed by atoms with Crippen molar-refractivity contribution >= 4 is 23.5 Å². The number of benzene rings is 1. The summed E-state index contributed by atoms with van der Waals surface area (Å²) in [5, 5.41) is 0. The predicted molar refractivity (Wildman–Crippen MR) is 116 cm³/mol. The summed E-state index contributed by atoms with van der Waals surface area (Å²) >= 11 is 0. The van der Waals surface area contributed by atoms with Crippen molar-refractivity contribution in [1.29, 1.82) is 0 Å². The van der Waals surface area contributed by atoms with Crippen LogP contribution in [0.1, 0.15) is 40.0 Å². The van der Waals surface area contributed by atoms with Gasteiger partial charge >= 0.3 is 0 Å². The number of aromatic nitrogens is 2. The molecule has 2 aromatic rings. The van der Waals surface area contributed by atoms with Crippen molar-refractivity contribution in [2.24, 2.45) is 5.41 Å². The van der Waals surface area contributed by atoms with Crippen LogP contribution < -0.4 is 19.3 Å². The second-order valence-corrected chi connectivity index (χ2v) is 8.54. The largest absolute Gasteiger partial charge is 0.490 e. The van der Waals surface area contributed by atoms with E-state index in [1.54, 1.807) is 20.0 Å². The van der Waals surface area contributed by atoms with Crippen molar-refractivity contribution in [3.05, 3.63) is 36.7 Å². The van der Waals surface area contributed by atoms with Gasteiger partial charge in [-0.05, 0) is 31.9 Å². The number of hydrogen-bond donors (Lipinski definition) is 0. The van der Waals surface area contributed by atoms with E-state index in [2.05, 4.69) is 14.9 Å². The van der Waals surface area contributed by atoms with Gasteiger partial charge in [-0.15, -0.1) is 0 Å². The number of para-hydroxylation sites is 2. The minimum atomic E-state index is -0.715. The standard InChI is InChI=1S/C23H28N4O4/c1-4-30-17-9-5-6-10-18(17)31-16-8-7-11-26(15-16)19-13-24-14-20(25-19)27-21(28)12-23(2,3)22(27)29/h5-6,9-10,13-14,16H,4,7-8,11-12,15H2,1-3H3/t16-/m1/s1. The average Bonchev–Trinajstić information content (AvgIpc) is 2.96. The number of imide groups is 1. The molecule has 0 bridgehead atoms. The summed E-state index contributed by atoms with van der Waals surface area (Å²) in [7, 11) is 0. The summed E-state index contributed by atoms with van der Waals surface area (Å²) in [5.41, 5.74) is -0.715. The molecule has 1 aromatic carbocycles. The van der Waals surface area contributed by atoms with Crippen LogP contribution >= 0.6 is 0 Å². The minimum Gasteiger partial charge on any atom is -0.490 e. The molecule has 4 rings (SSSR count). The van der Waals surface area contributed by atoms with E-state index in [4.69, 9.17) is 9.47 Å². The summed E-state index contributed by atoms with van der Waals surface area (Å²) in [6.45, 7) is 7.50. The fourth-order valence-electron chi connectivity index (χ4n) is 4.03. The molecule has 0 saturated carbocycles. The Hall–Kier alpha value is -3.16. The molecule has 0 unspecified atom stereocenters. The van der Waals surface area contributed by atoms with Crippen LogP contribution in [0.5, 0.6) is 11.5 Å². The molecular formula is C23H28N4O4. The van der Waals surface area contributed by atoms with E-state index in [1.807, 2.05) is 31.2 Å². The Morgan fingerprint density at radius 3 is 2.58 bits per heavy atom. The molecular weight excluding hydrogens is 396 g/mol. The van der Waals surface area contributed by atoms with E-state index < -0.39 is 5.41 Å². The molecule has 164 valence electrons. The van der Waals surface area contributed by atoms with Crippen molar-refractivity contribution < 1.29 is 19.1 Å². The smallest absolute Gasteiger partial charge is 0.241 e. The summed E-state index contributed by atoms with van der Waals surface area (Å²) in [6.07, 6.45) is 5.13. The number of carbonyl (C=O) groups excluding carboxylic acids is 2. The highest BCUT2D eigenvalue weighted by Crippen LogP contribution is 2.35. The highest BCUT2D eigenvalue weighted by atomic mass is 16.5. The lowest BCUT2D eigenvalue weighted by molar-refractivity contribution is -0.124. The lowest BCUT2D eigenvalue weighted by Crippen LogP contribution is -2.42. The lowest BCUT2D eigenvalue weighted by Gasteiger charge is -2.34. The minimum absolute atomic E-state index is 0.0326. The van der Waals surface area contributed by atoms with Gasteiger partial charge in [0.1, 0.15) is 11.9 Å². The Morgan fingerprint density at radius 1 is 1.13 bits per heavy atom. The third kappa shape index (κ3) is 4.33. The zero-order chi connectivity index (χ0) is 22.0. The van der Waals surface area contributed by atoms with Gasteiger partial charge in [0.25, 0.3) is 0 Å². The fourth-order valence-corrected chi connectivity index (χ4v) is 4.03. The highest BCUT2D eigenvalue weighted by Gasteiger charge is 2.46. The number of nitrogens with zero attached hydrogens (tertiary/aromatic N) is 4. The van der Waals surface area contributed by atoms with Crippen LogP contribution in [0, 0.1) is 5.41 Å². The number of piperidine rings is 1. The first kappa shape index (κ1) is 21.1. The van der Waals surface area contributed by atoms with E-state index in [1.165, 1.54) is 6.20 Å². The lowest BCUT2D eigenvalue weighted by atomic mass is 9.92. The molecule has 8 heteroatoms. The third-order valence-electron chi connectivity index (χ3n) is 5.61. The Balaban J connectivity index is 1.50. The van der Waals surface area contributed by atoms with Crippen LogP contribution in [0.25, 0.3) is 0 Å². The maximum atomic E-state index is 12.7. The molecule has 2 saturated heterocycles. The van der Waals surface area contributed by atoms with Gasteiger partial charge in [0.15, 0.2) is 17.3 Å². The van der Waals surface area contributed by atoms with Gasteiger partial charge in [-0.25, -0.2) is 9.88 Å². The Bertz CT molecular complexity index is 978. The van der Waals surface area contributed by atoms with Crippen molar-refractivity contribution in [2.45, 2.75) is 46.1 Å². The zero-order valence-electron chi connectivity index (χ0n) is 18.2. The van der Waals surface area contributed by atoms with Crippen molar-refractivity contribution in [3.63, 3.8) is 0 Å². The average molecular weight is 425 g/mol. The van der Waals surface area contributed by atoms with Crippen LogP contribution in [0.4, 0.5) is 11.6 Å². The van der Waals surface area contributed by atoms with Crippen molar-refractivity contribution in [3.8, 4) is 11.5 Å². The summed E-state index contributed by atoms with van der Waals surface area (Å²) in [4.78, 5) is 37.2. The molecule has 1 atom stereocenters. The molecule has 3 heterocycles. The van der Waals surface area contributed by atoms with Gasteiger partial charge in [0, 0.05) is 13.0 Å². The molecule has 2 amide bonds. The summed E-state index contributed by atoms with van der Waals surface area (Å²) in [5.74, 6) is 1.89. The van der Waals surface area contributed by atoms with Gasteiger partial charge in [-0.2, -0.15) is 0 Å². The maximum Gasteiger partial charge on any atom is 0.241 e. The van der Waals surface area contributed by atoms with Gasteiger partial charge < -0.3 is 14.4 Å². The molecule has 31 heavy (non-hydrogen) atoms. The molecule has 2 fully saturated rings. The highest BCUT2D eigenvalue weighted by molar-refractivity contribution is 6.21. The molecule has 2 aliphatic heterocycles. The number of hydrogen-bond acceptors (Lipinski definition) is 7. The van der Waals surface area contributed by atoms with Gasteiger partial charge in [0.2, 0.25) is 11.8 Å². The van der Waals surface area contributed by atoms with Crippen LogP contribution in [0.2, 0.25) is 0 Å². The predicted octanol–water partition coefficient (Wildman–Crippen LogP) is 3.21. The first-order chi connectivity index (χ1) is 14.9. The fraction of sp³-hybridized carbons (Fsp3) is 0.478. The number of ether oxygens (including phenoxy) is 2. The number of anilines is 2. The Labute approximate surface area is 182 Å². The quantitative estimate of drug-likeness (QED) is 0.658. The second kappa shape index (κ2) is 8.53. The van der Waals surface area contributed by atoms with Crippen LogP contribution in [0.15, 0.2) is 36.7 Å². The van der Waals surface area contributed by atoms with Crippen LogP contribution in [-0.4, -0.2) is 47.6 Å². The van der Waals surface area contributed by atoms with Crippen molar-refractivity contribution in [2.75, 3.05) is 29.5 Å². The van der Waals surface area contributed by atoms with Gasteiger partial charge in [-0.3, -0.25) is 14.6 Å². The van der Waals surface area contributed by atoms with Gasteiger partial charge in [-0.1, -0.05) is 26.0 Å². The number of carbonyl (C=O) groups is 2. The molecule has 1 aromatic heterocycles. The summed E-state index contributed by atoms with van der Waals surface area (Å²) in [6, 6.07) is 7.67. The molecule has 2 aliphatic rings. The zero-order valence-corrected chi connectivity index (χ0v) is 18.2. The molecule has 0 radical (unpaired) electrons. The topological polar surface area (TPSA) is 84.9 Å². The normalized spacial score (nSPS) is 20.8. The summed E-state index contributed by atoms with van der Waals surface area (Å²) < 4.78 is 11.9. The van der Waals surface area contributed by atoms with E-state index >= 15 is 0 Å². The SMILES string of the molecule is CCOc1ccccc1O[C@@H]1CCCN(c2cncc(N3C(=O)CC(C)(C)C3=O)n2)C1. The number of amides is 2. The Kier molecular flexibility index (Phi) is 5.80. The van der Waals surface area contributed by atoms with E-state index in [0.29, 0.717) is 19.0 Å². The Morgan fingerprint density at radius 2 is 1.87 bits per heavy atom. The molecule has 0 N–H and O–H groups in total. The van der Waals surface area contributed by atoms with E-state index in [-0.39, 0.29) is 30.2 Å². The van der Waals surface area contributed by atoms with Crippen LogP contribution in [-0.2, 0) is 9.59 Å². The van der Waals surface area contributed by atoms with Crippen molar-refractivity contribution in [1.82, 2.24) is 9.97 Å². The maximum absolute atomic E-state index is 12.7. The van der Waals surface area contributed by atoms with Gasteiger partial charge in [0.05, 0.1) is 31.0 Å². The number of rotatable bonds is 6. The van der Waals surface area contributed by atoms with Crippen LogP contribution in [0.3, 0.4) is 0 Å². The molecule has 8 nitrogen and oxygen atoms in total. The first-order valence-electron chi connectivity index (χ1n) is 10.7. The monoisotopic (exact) mass is 424 g/mol.